The molecule has 2 nitrogen and oxygen atoms in total. The summed E-state index contributed by atoms with van der Waals surface area (Å²) in [4.78, 5) is 0. The monoisotopic (exact) mass is 337 g/mol. The Labute approximate surface area is 130 Å². The van der Waals surface area contributed by atoms with Crippen molar-refractivity contribution in [2.45, 2.75) is 58.1 Å². The molecule has 1 spiro atoms. The van der Waals surface area contributed by atoms with Gasteiger partial charge in [-0.3, -0.25) is 0 Å². The van der Waals surface area contributed by atoms with Gasteiger partial charge in [-0.15, -0.1) is 0 Å². The standard InChI is InChI=1S/C17H24BrNO/c1-3-20-16-11-15(17(16)9-4-5-10-17)19-14-8-6-7-13(18)12(14)2/h6-8,15-16,19H,3-5,9-11H2,1-2H3. The Morgan fingerprint density at radius 3 is 2.80 bits per heavy atom. The molecule has 0 saturated heterocycles. The normalized spacial score (nSPS) is 27.6. The summed E-state index contributed by atoms with van der Waals surface area (Å²) in [7, 11) is 0. The quantitative estimate of drug-likeness (QED) is 0.842. The van der Waals surface area contributed by atoms with Crippen molar-refractivity contribution in [1.29, 1.82) is 0 Å². The fourth-order valence-electron chi connectivity index (χ4n) is 4.04. The van der Waals surface area contributed by atoms with E-state index in [-0.39, 0.29) is 0 Å². The van der Waals surface area contributed by atoms with Crippen LogP contribution in [0.15, 0.2) is 22.7 Å². The van der Waals surface area contributed by atoms with Crippen LogP contribution in [0.3, 0.4) is 0 Å². The molecule has 3 heteroatoms. The topological polar surface area (TPSA) is 21.3 Å². The third kappa shape index (κ3) is 2.29. The number of rotatable bonds is 4. The molecule has 0 amide bonds. The molecule has 2 atom stereocenters. The van der Waals surface area contributed by atoms with Crippen LogP contribution in [0.1, 0.15) is 44.6 Å². The molecule has 1 aromatic rings. The minimum Gasteiger partial charge on any atom is -0.381 e. The first kappa shape index (κ1) is 14.4. The van der Waals surface area contributed by atoms with Gasteiger partial charge in [0.05, 0.1) is 6.10 Å². The van der Waals surface area contributed by atoms with Gasteiger partial charge in [0.15, 0.2) is 0 Å². The number of halogens is 1. The molecule has 0 aromatic heterocycles. The summed E-state index contributed by atoms with van der Waals surface area (Å²) >= 11 is 3.62. The van der Waals surface area contributed by atoms with Gasteiger partial charge < -0.3 is 10.1 Å². The molecule has 1 N–H and O–H groups in total. The van der Waals surface area contributed by atoms with Crippen molar-refractivity contribution < 1.29 is 4.74 Å². The van der Waals surface area contributed by atoms with Crippen LogP contribution in [-0.4, -0.2) is 18.8 Å². The summed E-state index contributed by atoms with van der Waals surface area (Å²) in [6, 6.07) is 6.99. The zero-order chi connectivity index (χ0) is 14.2. The molecule has 2 fully saturated rings. The third-order valence-corrected chi connectivity index (χ3v) is 6.14. The molecule has 2 aliphatic rings. The van der Waals surface area contributed by atoms with E-state index in [0.717, 1.165) is 13.0 Å². The summed E-state index contributed by atoms with van der Waals surface area (Å²) in [5.74, 6) is 0. The predicted octanol–water partition coefficient (Wildman–Crippen LogP) is 4.91. The highest BCUT2D eigenvalue weighted by molar-refractivity contribution is 9.10. The van der Waals surface area contributed by atoms with Gasteiger partial charge in [0.25, 0.3) is 0 Å². The maximum Gasteiger partial charge on any atom is 0.0670 e. The number of benzene rings is 1. The van der Waals surface area contributed by atoms with E-state index >= 15 is 0 Å². The minimum atomic E-state index is 0.394. The molecule has 3 rings (SSSR count). The number of nitrogens with one attached hydrogen (secondary N) is 1. The molecule has 0 aliphatic heterocycles. The number of anilines is 1. The van der Waals surface area contributed by atoms with E-state index in [0.29, 0.717) is 17.6 Å². The van der Waals surface area contributed by atoms with Crippen LogP contribution >= 0.6 is 15.9 Å². The van der Waals surface area contributed by atoms with E-state index in [4.69, 9.17) is 4.74 Å². The Morgan fingerprint density at radius 1 is 1.35 bits per heavy atom. The number of ether oxygens (including phenoxy) is 1. The fraction of sp³-hybridized carbons (Fsp3) is 0.647. The van der Waals surface area contributed by atoms with Gasteiger partial charge >= 0.3 is 0 Å². The van der Waals surface area contributed by atoms with E-state index in [1.165, 1.54) is 41.4 Å². The van der Waals surface area contributed by atoms with Crippen LogP contribution in [0.5, 0.6) is 0 Å². The van der Waals surface area contributed by atoms with Gasteiger partial charge in [-0.25, -0.2) is 0 Å². The smallest absolute Gasteiger partial charge is 0.0670 e. The zero-order valence-electron chi connectivity index (χ0n) is 12.4. The average Bonchev–Trinajstić information content (AvgIpc) is 2.95. The molecule has 1 aromatic carbocycles. The van der Waals surface area contributed by atoms with E-state index in [1.807, 2.05) is 0 Å². The number of hydrogen-bond donors (Lipinski definition) is 1. The number of hydrogen-bond acceptors (Lipinski definition) is 2. The maximum absolute atomic E-state index is 5.99. The summed E-state index contributed by atoms with van der Waals surface area (Å²) < 4.78 is 7.17. The second kappa shape index (κ2) is 5.69. The van der Waals surface area contributed by atoms with Crippen molar-refractivity contribution in [2.75, 3.05) is 11.9 Å². The molecule has 2 aliphatic carbocycles. The van der Waals surface area contributed by atoms with E-state index in [1.54, 1.807) is 0 Å². The minimum absolute atomic E-state index is 0.394. The summed E-state index contributed by atoms with van der Waals surface area (Å²) in [6.07, 6.45) is 6.99. The van der Waals surface area contributed by atoms with Crippen molar-refractivity contribution in [3.05, 3.63) is 28.2 Å². The fourth-order valence-corrected chi connectivity index (χ4v) is 4.41. The first-order valence-corrected chi connectivity index (χ1v) is 8.60. The molecule has 0 bridgehead atoms. The predicted molar refractivity (Wildman–Crippen MR) is 87.2 cm³/mol. The van der Waals surface area contributed by atoms with Crippen molar-refractivity contribution >= 4 is 21.6 Å². The third-order valence-electron chi connectivity index (χ3n) is 5.28. The van der Waals surface area contributed by atoms with Crippen LogP contribution in [-0.2, 0) is 4.74 Å². The highest BCUT2D eigenvalue weighted by atomic mass is 79.9. The Hall–Kier alpha value is -0.540. The van der Waals surface area contributed by atoms with Gasteiger partial charge in [-0.2, -0.15) is 0 Å². The van der Waals surface area contributed by atoms with Gasteiger partial charge in [0, 0.05) is 28.2 Å². The first-order valence-electron chi connectivity index (χ1n) is 7.80. The van der Waals surface area contributed by atoms with Crippen molar-refractivity contribution in [3.63, 3.8) is 0 Å². The van der Waals surface area contributed by atoms with Crippen molar-refractivity contribution in [3.8, 4) is 0 Å². The first-order chi connectivity index (χ1) is 9.67. The summed E-state index contributed by atoms with van der Waals surface area (Å²) in [6.45, 7) is 5.13. The highest BCUT2D eigenvalue weighted by Gasteiger charge is 2.56. The Morgan fingerprint density at radius 2 is 2.10 bits per heavy atom. The van der Waals surface area contributed by atoms with Gasteiger partial charge in [0.2, 0.25) is 0 Å². The molecule has 2 unspecified atom stereocenters. The zero-order valence-corrected chi connectivity index (χ0v) is 14.0. The largest absolute Gasteiger partial charge is 0.381 e. The lowest BCUT2D eigenvalue weighted by atomic mass is 9.60. The molecule has 20 heavy (non-hydrogen) atoms. The van der Waals surface area contributed by atoms with Crippen LogP contribution in [0.4, 0.5) is 5.69 Å². The molecule has 0 radical (unpaired) electrons. The highest BCUT2D eigenvalue weighted by Crippen LogP contribution is 2.55. The van der Waals surface area contributed by atoms with Crippen LogP contribution in [0.25, 0.3) is 0 Å². The van der Waals surface area contributed by atoms with Crippen molar-refractivity contribution in [1.82, 2.24) is 0 Å². The van der Waals surface area contributed by atoms with E-state index < -0.39 is 0 Å². The molecule has 110 valence electrons. The Bertz CT molecular complexity index is 482. The summed E-state index contributed by atoms with van der Waals surface area (Å²) in [5.41, 5.74) is 2.97. The van der Waals surface area contributed by atoms with E-state index in [9.17, 15) is 0 Å². The maximum atomic E-state index is 5.99. The lowest BCUT2D eigenvalue weighted by Crippen LogP contribution is -2.60. The van der Waals surface area contributed by atoms with Gasteiger partial charge in [-0.05, 0) is 50.8 Å². The lowest BCUT2D eigenvalue weighted by molar-refractivity contribution is -0.114. The molecular formula is C17H24BrNO. The van der Waals surface area contributed by atoms with Crippen LogP contribution in [0.2, 0.25) is 0 Å². The van der Waals surface area contributed by atoms with Crippen molar-refractivity contribution in [2.24, 2.45) is 5.41 Å². The summed E-state index contributed by atoms with van der Waals surface area (Å²) in [5, 5.41) is 3.80. The second-order valence-corrected chi connectivity index (χ2v) is 7.08. The Balaban J connectivity index is 1.76. The van der Waals surface area contributed by atoms with Gasteiger partial charge in [-0.1, -0.05) is 34.8 Å². The lowest BCUT2D eigenvalue weighted by Gasteiger charge is -2.54. The van der Waals surface area contributed by atoms with Crippen LogP contribution in [0, 0.1) is 12.3 Å². The van der Waals surface area contributed by atoms with Gasteiger partial charge in [0.1, 0.15) is 0 Å². The average molecular weight is 338 g/mol. The Kier molecular flexibility index (Phi) is 4.09. The second-order valence-electron chi connectivity index (χ2n) is 6.23. The molecule has 0 heterocycles. The molecular weight excluding hydrogens is 314 g/mol. The van der Waals surface area contributed by atoms with E-state index in [2.05, 4.69) is 53.3 Å². The van der Waals surface area contributed by atoms with Crippen LogP contribution < -0.4 is 5.32 Å². The molecule has 2 saturated carbocycles. The SMILES string of the molecule is CCOC1CC(Nc2cccc(Br)c2C)C12CCCC2.